The summed E-state index contributed by atoms with van der Waals surface area (Å²) in [6, 6.07) is 6.86. The van der Waals surface area contributed by atoms with Gasteiger partial charge in [0.25, 0.3) is 0 Å². The van der Waals surface area contributed by atoms with Crippen LogP contribution in [0.25, 0.3) is 0 Å². The second-order valence-electron chi connectivity index (χ2n) is 2.77. The van der Waals surface area contributed by atoms with Crippen LogP contribution in [0.5, 0.6) is 0 Å². The highest BCUT2D eigenvalue weighted by atomic mass is 16.5. The van der Waals surface area contributed by atoms with Crippen molar-refractivity contribution in [1.82, 2.24) is 0 Å². The van der Waals surface area contributed by atoms with Gasteiger partial charge in [-0.25, -0.2) is 4.79 Å². The van der Waals surface area contributed by atoms with Gasteiger partial charge in [-0.15, -0.1) is 0 Å². The molecule has 0 N–H and O–H groups in total. The molecule has 0 aliphatic heterocycles. The Bertz CT molecular complexity index is 490. The fourth-order valence-electron chi connectivity index (χ4n) is 1.01. The molecule has 0 spiro atoms. The molecule has 0 unspecified atom stereocenters. The molecule has 1 rings (SSSR count). The average Bonchev–Trinajstić information content (AvgIpc) is 2.31. The molecule has 0 amide bonds. The third-order valence-corrected chi connectivity index (χ3v) is 1.75. The Morgan fingerprint density at radius 2 is 2.19 bits per heavy atom. The van der Waals surface area contributed by atoms with Crippen LogP contribution in [-0.4, -0.2) is 19.2 Å². The molecule has 4 nitrogen and oxygen atoms in total. The van der Waals surface area contributed by atoms with Crippen LogP contribution in [0, 0.1) is 11.8 Å². The first kappa shape index (κ1) is 11.7. The number of isocyanates is 1. The summed E-state index contributed by atoms with van der Waals surface area (Å²) < 4.78 is 4.44. The van der Waals surface area contributed by atoms with Crippen LogP contribution in [0.4, 0.5) is 5.69 Å². The maximum absolute atomic E-state index is 10.8. The molecule has 0 bridgehead atoms. The summed E-state index contributed by atoms with van der Waals surface area (Å²) in [5, 5.41) is 0. The molecule has 0 radical (unpaired) electrons. The first-order chi connectivity index (χ1) is 7.77. The van der Waals surface area contributed by atoms with Crippen molar-refractivity contribution >= 4 is 17.7 Å². The van der Waals surface area contributed by atoms with Crippen LogP contribution in [-0.2, 0) is 14.3 Å². The highest BCUT2D eigenvalue weighted by Gasteiger charge is 1.97. The standard InChI is InChI=1S/C12H9NO3/c1-16-12(15)8-4-6-10-5-2-3-7-11(10)13-9-14/h2-3,5,7H,8H2,1H3. The fraction of sp³-hybridized carbons (Fsp3) is 0.167. The van der Waals surface area contributed by atoms with Gasteiger partial charge in [0.15, 0.2) is 0 Å². The molecule has 0 saturated carbocycles. The lowest BCUT2D eigenvalue weighted by atomic mass is 10.2. The van der Waals surface area contributed by atoms with Crippen molar-refractivity contribution in [2.45, 2.75) is 6.42 Å². The minimum absolute atomic E-state index is 0.00956. The minimum Gasteiger partial charge on any atom is -0.468 e. The fourth-order valence-corrected chi connectivity index (χ4v) is 1.01. The number of carbonyl (C=O) groups excluding carboxylic acids is 2. The number of para-hydroxylation sites is 1. The number of aliphatic imine (C=N–C) groups is 1. The maximum Gasteiger partial charge on any atom is 0.317 e. The van der Waals surface area contributed by atoms with Crippen LogP contribution in [0.2, 0.25) is 0 Å². The molecule has 1 aromatic rings. The Morgan fingerprint density at radius 1 is 1.44 bits per heavy atom. The second kappa shape index (κ2) is 6.18. The smallest absolute Gasteiger partial charge is 0.317 e. The zero-order valence-corrected chi connectivity index (χ0v) is 8.69. The molecule has 1 aromatic carbocycles. The Kier molecular flexibility index (Phi) is 4.52. The summed E-state index contributed by atoms with van der Waals surface area (Å²) in [6.07, 6.45) is 1.46. The van der Waals surface area contributed by atoms with Crippen molar-refractivity contribution in [1.29, 1.82) is 0 Å². The van der Waals surface area contributed by atoms with E-state index in [2.05, 4.69) is 21.6 Å². The number of esters is 1. The first-order valence-electron chi connectivity index (χ1n) is 4.50. The molecule has 80 valence electrons. The molecule has 16 heavy (non-hydrogen) atoms. The highest BCUT2D eigenvalue weighted by Crippen LogP contribution is 2.16. The molecular weight excluding hydrogens is 206 g/mol. The van der Waals surface area contributed by atoms with E-state index in [1.165, 1.54) is 13.2 Å². The van der Waals surface area contributed by atoms with Crippen molar-refractivity contribution in [2.24, 2.45) is 4.99 Å². The number of hydrogen-bond donors (Lipinski definition) is 0. The molecule has 0 aliphatic carbocycles. The lowest BCUT2D eigenvalue weighted by Gasteiger charge is -1.94. The third kappa shape index (κ3) is 3.41. The van der Waals surface area contributed by atoms with Gasteiger partial charge in [0.1, 0.15) is 6.42 Å². The minimum atomic E-state index is -0.399. The lowest BCUT2D eigenvalue weighted by Crippen LogP contribution is -1.96. The van der Waals surface area contributed by atoms with Gasteiger partial charge < -0.3 is 4.74 Å². The van der Waals surface area contributed by atoms with E-state index >= 15 is 0 Å². The lowest BCUT2D eigenvalue weighted by molar-refractivity contribution is -0.139. The number of hydrogen-bond acceptors (Lipinski definition) is 4. The van der Waals surface area contributed by atoms with Crippen LogP contribution in [0.15, 0.2) is 29.3 Å². The Labute approximate surface area is 93.0 Å². The van der Waals surface area contributed by atoms with Gasteiger partial charge in [0.2, 0.25) is 6.08 Å². The van der Waals surface area contributed by atoms with Crippen LogP contribution >= 0.6 is 0 Å². The quantitative estimate of drug-likeness (QED) is 0.325. The number of carbonyl (C=O) groups is 1. The topological polar surface area (TPSA) is 55.7 Å². The van der Waals surface area contributed by atoms with E-state index in [4.69, 9.17) is 0 Å². The molecule has 0 aromatic heterocycles. The van der Waals surface area contributed by atoms with Gasteiger partial charge in [-0.2, -0.15) is 4.99 Å². The zero-order valence-electron chi connectivity index (χ0n) is 8.69. The normalized spacial score (nSPS) is 8.31. The van der Waals surface area contributed by atoms with Gasteiger partial charge in [-0.3, -0.25) is 4.79 Å². The largest absolute Gasteiger partial charge is 0.468 e. The Hall–Kier alpha value is -2.37. The summed E-state index contributed by atoms with van der Waals surface area (Å²) in [7, 11) is 1.30. The van der Waals surface area contributed by atoms with E-state index < -0.39 is 5.97 Å². The number of rotatable bonds is 2. The van der Waals surface area contributed by atoms with Crippen molar-refractivity contribution in [3.8, 4) is 11.8 Å². The molecule has 4 heteroatoms. The molecule has 0 saturated heterocycles. The summed E-state index contributed by atoms with van der Waals surface area (Å²) in [5.41, 5.74) is 1.02. The van der Waals surface area contributed by atoms with Gasteiger partial charge in [-0.05, 0) is 12.1 Å². The van der Waals surface area contributed by atoms with Gasteiger partial charge in [0.05, 0.1) is 18.4 Å². The summed E-state index contributed by atoms with van der Waals surface area (Å²) in [5.74, 6) is 4.98. The number of ether oxygens (including phenoxy) is 1. The predicted octanol–water partition coefficient (Wildman–Crippen LogP) is 1.57. The average molecular weight is 215 g/mol. The highest BCUT2D eigenvalue weighted by molar-refractivity contribution is 5.72. The van der Waals surface area contributed by atoms with Crippen molar-refractivity contribution in [3.05, 3.63) is 29.8 Å². The number of benzene rings is 1. The van der Waals surface area contributed by atoms with E-state index in [-0.39, 0.29) is 6.42 Å². The SMILES string of the molecule is COC(=O)CC#Cc1ccccc1N=C=O. The monoisotopic (exact) mass is 215 g/mol. The number of methoxy groups -OCH3 is 1. The van der Waals surface area contributed by atoms with Crippen LogP contribution in [0.1, 0.15) is 12.0 Å². The summed E-state index contributed by atoms with van der Waals surface area (Å²) in [4.78, 5) is 24.4. The van der Waals surface area contributed by atoms with Gasteiger partial charge in [0, 0.05) is 0 Å². The Balaban J connectivity index is 2.87. The maximum atomic E-state index is 10.8. The Morgan fingerprint density at radius 3 is 2.88 bits per heavy atom. The molecule has 0 atom stereocenters. The van der Waals surface area contributed by atoms with E-state index in [1.807, 2.05) is 0 Å². The van der Waals surface area contributed by atoms with E-state index in [1.54, 1.807) is 24.3 Å². The second-order valence-corrected chi connectivity index (χ2v) is 2.77. The zero-order chi connectivity index (χ0) is 11.8. The summed E-state index contributed by atoms with van der Waals surface area (Å²) >= 11 is 0. The molecular formula is C12H9NO3. The van der Waals surface area contributed by atoms with E-state index in [0.29, 0.717) is 11.3 Å². The van der Waals surface area contributed by atoms with Crippen molar-refractivity contribution in [3.63, 3.8) is 0 Å². The van der Waals surface area contributed by atoms with Gasteiger partial charge in [-0.1, -0.05) is 24.0 Å². The molecule has 0 heterocycles. The molecule has 0 aliphatic rings. The first-order valence-corrected chi connectivity index (χ1v) is 4.50. The van der Waals surface area contributed by atoms with Crippen LogP contribution < -0.4 is 0 Å². The predicted molar refractivity (Wildman–Crippen MR) is 57.7 cm³/mol. The van der Waals surface area contributed by atoms with Crippen molar-refractivity contribution in [2.75, 3.05) is 7.11 Å². The molecule has 0 fully saturated rings. The summed E-state index contributed by atoms with van der Waals surface area (Å²) in [6.45, 7) is 0. The third-order valence-electron chi connectivity index (χ3n) is 1.75. The van der Waals surface area contributed by atoms with Gasteiger partial charge >= 0.3 is 5.97 Å². The van der Waals surface area contributed by atoms with Crippen molar-refractivity contribution < 1.29 is 14.3 Å². The van der Waals surface area contributed by atoms with E-state index in [0.717, 1.165) is 0 Å². The number of nitrogens with zero attached hydrogens (tertiary/aromatic N) is 1. The van der Waals surface area contributed by atoms with E-state index in [9.17, 15) is 9.59 Å². The van der Waals surface area contributed by atoms with Crippen LogP contribution in [0.3, 0.4) is 0 Å².